The van der Waals surface area contributed by atoms with Crippen LogP contribution in [-0.2, 0) is 0 Å². The van der Waals surface area contributed by atoms with Crippen molar-refractivity contribution in [2.24, 2.45) is 0 Å². The van der Waals surface area contributed by atoms with E-state index in [2.05, 4.69) is 0 Å². The molecule has 0 saturated carbocycles. The van der Waals surface area contributed by atoms with Gasteiger partial charge in [-0.15, -0.1) is 0 Å². The molecule has 0 aliphatic heterocycles. The molecule has 1 atom stereocenters. The van der Waals surface area contributed by atoms with Gasteiger partial charge in [-0.25, -0.2) is 4.39 Å². The fraction of sp³-hybridized carbons (Fsp3) is 0.364. The molecular weight excluding hydrogens is 181 g/mol. The molecule has 0 fully saturated rings. The van der Waals surface area contributed by atoms with Crippen molar-refractivity contribution in [2.75, 3.05) is 0 Å². The van der Waals surface area contributed by atoms with E-state index >= 15 is 0 Å². The van der Waals surface area contributed by atoms with E-state index < -0.39 is 5.82 Å². The van der Waals surface area contributed by atoms with Gasteiger partial charge in [0.1, 0.15) is 17.6 Å². The average Bonchev–Trinajstić information content (AvgIpc) is 2.20. The van der Waals surface area contributed by atoms with Crippen LogP contribution in [0.3, 0.4) is 0 Å². The van der Waals surface area contributed by atoms with Crippen LogP contribution in [-0.4, -0.2) is 6.10 Å². The van der Waals surface area contributed by atoms with Gasteiger partial charge >= 0.3 is 0 Å². The van der Waals surface area contributed by atoms with Crippen LogP contribution in [0.4, 0.5) is 4.39 Å². The lowest BCUT2D eigenvalue weighted by atomic mass is 10.2. The second-order valence-electron chi connectivity index (χ2n) is 3.09. The maximum Gasteiger partial charge on any atom is 0.137 e. The molecule has 0 aliphatic rings. The van der Waals surface area contributed by atoms with Crippen LogP contribution in [0, 0.1) is 17.1 Å². The Morgan fingerprint density at radius 3 is 2.86 bits per heavy atom. The van der Waals surface area contributed by atoms with Crippen LogP contribution in [0.15, 0.2) is 18.2 Å². The van der Waals surface area contributed by atoms with Gasteiger partial charge < -0.3 is 4.74 Å². The fourth-order valence-corrected chi connectivity index (χ4v) is 0.992. The minimum absolute atomic E-state index is 0.0348. The molecule has 0 heterocycles. The van der Waals surface area contributed by atoms with E-state index in [1.54, 1.807) is 0 Å². The number of rotatable bonds is 3. The van der Waals surface area contributed by atoms with Crippen molar-refractivity contribution in [3.8, 4) is 11.8 Å². The topological polar surface area (TPSA) is 33.0 Å². The maximum absolute atomic E-state index is 12.7. The van der Waals surface area contributed by atoms with Crippen molar-refractivity contribution in [2.45, 2.75) is 26.4 Å². The van der Waals surface area contributed by atoms with Gasteiger partial charge in [0.15, 0.2) is 0 Å². The van der Waals surface area contributed by atoms with Crippen LogP contribution in [0.1, 0.15) is 25.8 Å². The zero-order valence-corrected chi connectivity index (χ0v) is 8.25. The Morgan fingerprint density at radius 1 is 1.57 bits per heavy atom. The molecule has 1 aromatic carbocycles. The van der Waals surface area contributed by atoms with E-state index in [0.29, 0.717) is 5.75 Å². The van der Waals surface area contributed by atoms with Crippen LogP contribution in [0.25, 0.3) is 0 Å². The summed E-state index contributed by atoms with van der Waals surface area (Å²) in [5.41, 5.74) is 0.241. The molecule has 1 unspecified atom stereocenters. The monoisotopic (exact) mass is 193 g/mol. The standard InChI is InChI=1S/C11H12FNO/c1-3-8(2)14-11-5-4-10(12)6-9(11)7-13/h4-6,8H,3H2,1-2H3. The first-order chi connectivity index (χ1) is 6.67. The quantitative estimate of drug-likeness (QED) is 0.739. The summed E-state index contributed by atoms with van der Waals surface area (Å²) in [6.45, 7) is 3.89. The Hall–Kier alpha value is -1.56. The van der Waals surface area contributed by atoms with Gasteiger partial charge in [-0.1, -0.05) is 6.92 Å². The summed E-state index contributed by atoms with van der Waals surface area (Å²) < 4.78 is 18.2. The molecule has 14 heavy (non-hydrogen) atoms. The Morgan fingerprint density at radius 2 is 2.29 bits per heavy atom. The molecule has 0 bridgehead atoms. The number of halogens is 1. The van der Waals surface area contributed by atoms with E-state index in [-0.39, 0.29) is 11.7 Å². The largest absolute Gasteiger partial charge is 0.489 e. The summed E-state index contributed by atoms with van der Waals surface area (Å²) in [4.78, 5) is 0. The molecule has 1 aromatic rings. The number of nitrogens with zero attached hydrogens (tertiary/aromatic N) is 1. The zero-order valence-electron chi connectivity index (χ0n) is 8.25. The van der Waals surface area contributed by atoms with E-state index in [0.717, 1.165) is 6.42 Å². The van der Waals surface area contributed by atoms with Gasteiger partial charge in [0.25, 0.3) is 0 Å². The van der Waals surface area contributed by atoms with Gasteiger partial charge in [0.05, 0.1) is 11.7 Å². The molecule has 3 heteroatoms. The number of ether oxygens (including phenoxy) is 1. The van der Waals surface area contributed by atoms with E-state index in [9.17, 15) is 4.39 Å². The SMILES string of the molecule is CCC(C)Oc1ccc(F)cc1C#N. The van der Waals surface area contributed by atoms with Crippen molar-refractivity contribution in [1.29, 1.82) is 5.26 Å². The highest BCUT2D eigenvalue weighted by Gasteiger charge is 2.07. The molecule has 1 rings (SSSR count). The Labute approximate surface area is 82.9 Å². The number of benzene rings is 1. The van der Waals surface area contributed by atoms with Crippen LogP contribution in [0.5, 0.6) is 5.75 Å². The fourth-order valence-electron chi connectivity index (χ4n) is 0.992. The molecule has 0 aliphatic carbocycles. The predicted molar refractivity (Wildman–Crippen MR) is 51.5 cm³/mol. The first-order valence-corrected chi connectivity index (χ1v) is 4.53. The lowest BCUT2D eigenvalue weighted by Crippen LogP contribution is -2.10. The summed E-state index contributed by atoms with van der Waals surface area (Å²) in [5.74, 6) is 0.0290. The Kier molecular flexibility index (Phi) is 3.47. The Bertz CT molecular complexity index is 357. The normalized spacial score (nSPS) is 11.9. The highest BCUT2D eigenvalue weighted by atomic mass is 19.1. The Balaban J connectivity index is 2.92. The molecule has 74 valence electrons. The van der Waals surface area contributed by atoms with Crippen LogP contribution >= 0.6 is 0 Å². The molecule has 0 radical (unpaired) electrons. The molecule has 0 N–H and O–H groups in total. The highest BCUT2D eigenvalue weighted by Crippen LogP contribution is 2.20. The van der Waals surface area contributed by atoms with Crippen molar-refractivity contribution in [1.82, 2.24) is 0 Å². The zero-order chi connectivity index (χ0) is 10.6. The first-order valence-electron chi connectivity index (χ1n) is 4.53. The van der Waals surface area contributed by atoms with Gasteiger partial charge in [-0.2, -0.15) is 5.26 Å². The summed E-state index contributed by atoms with van der Waals surface area (Å²) in [6, 6.07) is 5.86. The summed E-state index contributed by atoms with van der Waals surface area (Å²) >= 11 is 0. The maximum atomic E-state index is 12.7. The number of hydrogen-bond donors (Lipinski definition) is 0. The minimum atomic E-state index is -0.418. The van der Waals surface area contributed by atoms with Gasteiger partial charge in [0.2, 0.25) is 0 Å². The highest BCUT2D eigenvalue weighted by molar-refractivity contribution is 5.43. The van der Waals surface area contributed by atoms with E-state index in [4.69, 9.17) is 10.00 Å². The molecule has 0 spiro atoms. The lowest BCUT2D eigenvalue weighted by Gasteiger charge is -2.13. The minimum Gasteiger partial charge on any atom is -0.489 e. The van der Waals surface area contributed by atoms with Crippen LogP contribution in [0.2, 0.25) is 0 Å². The van der Waals surface area contributed by atoms with Gasteiger partial charge in [0, 0.05) is 0 Å². The van der Waals surface area contributed by atoms with Crippen molar-refractivity contribution in [3.63, 3.8) is 0 Å². The molecule has 2 nitrogen and oxygen atoms in total. The molecular formula is C11H12FNO. The van der Waals surface area contributed by atoms with Gasteiger partial charge in [-0.05, 0) is 31.5 Å². The predicted octanol–water partition coefficient (Wildman–Crippen LogP) is 2.87. The summed E-state index contributed by atoms with van der Waals surface area (Å²) in [5, 5.41) is 8.73. The summed E-state index contributed by atoms with van der Waals surface area (Å²) in [6.07, 6.45) is 0.884. The molecule has 0 amide bonds. The van der Waals surface area contributed by atoms with Crippen molar-refractivity contribution < 1.29 is 9.13 Å². The summed E-state index contributed by atoms with van der Waals surface area (Å²) in [7, 11) is 0. The lowest BCUT2D eigenvalue weighted by molar-refractivity contribution is 0.216. The smallest absolute Gasteiger partial charge is 0.137 e. The van der Waals surface area contributed by atoms with E-state index in [1.165, 1.54) is 18.2 Å². The van der Waals surface area contributed by atoms with Crippen molar-refractivity contribution in [3.05, 3.63) is 29.6 Å². The average molecular weight is 193 g/mol. The van der Waals surface area contributed by atoms with E-state index in [1.807, 2.05) is 19.9 Å². The molecule has 0 aromatic heterocycles. The third-order valence-electron chi connectivity index (χ3n) is 1.97. The van der Waals surface area contributed by atoms with Crippen molar-refractivity contribution >= 4 is 0 Å². The molecule has 0 saturated heterocycles. The number of nitriles is 1. The van der Waals surface area contributed by atoms with Gasteiger partial charge in [-0.3, -0.25) is 0 Å². The number of hydrogen-bond acceptors (Lipinski definition) is 2. The second kappa shape index (κ2) is 4.61. The third-order valence-corrected chi connectivity index (χ3v) is 1.97. The van der Waals surface area contributed by atoms with Crippen LogP contribution < -0.4 is 4.74 Å². The first kappa shape index (κ1) is 10.5. The third kappa shape index (κ3) is 2.46. The second-order valence-corrected chi connectivity index (χ2v) is 3.09.